The summed E-state index contributed by atoms with van der Waals surface area (Å²) in [6.07, 6.45) is 3.11. The molecule has 0 unspecified atom stereocenters. The fourth-order valence-corrected chi connectivity index (χ4v) is 0.684. The monoisotopic (exact) mass is 172 g/mol. The smallest absolute Gasteiger partial charge is 0.196 e. The second-order valence-electron chi connectivity index (χ2n) is 1.83. The number of nitrogens with zero attached hydrogens (tertiary/aromatic N) is 1. The summed E-state index contributed by atoms with van der Waals surface area (Å²) in [5.74, 6) is 0.577. The minimum atomic E-state index is -0.00434. The zero-order valence-electron chi connectivity index (χ0n) is 5.78. The maximum atomic E-state index is 8.41. The number of aromatic nitrogens is 2. The largest absolute Gasteiger partial charge is 0.488 e. The first-order valence-electron chi connectivity index (χ1n) is 3.11. The van der Waals surface area contributed by atoms with Crippen LogP contribution in [0.4, 0.5) is 0 Å². The van der Waals surface area contributed by atoms with E-state index in [1.807, 2.05) is 0 Å². The van der Waals surface area contributed by atoms with E-state index in [4.69, 9.17) is 22.1 Å². The Balaban J connectivity index is 2.59. The number of aliphatic hydroxyl groups is 1. The van der Waals surface area contributed by atoms with Crippen LogP contribution in [-0.2, 0) is 0 Å². The molecule has 60 valence electrons. The van der Waals surface area contributed by atoms with Crippen LogP contribution in [0.3, 0.4) is 0 Å². The number of nitrogens with one attached hydrogen (secondary N) is 1. The maximum absolute atomic E-state index is 8.41. The molecule has 5 heteroatoms. The lowest BCUT2D eigenvalue weighted by atomic mass is 10.6. The summed E-state index contributed by atoms with van der Waals surface area (Å²) < 4.78 is 5.44. The highest BCUT2D eigenvalue weighted by atomic mass is 32.1. The molecule has 0 atom stereocenters. The van der Waals surface area contributed by atoms with Crippen molar-refractivity contribution in [3.8, 4) is 5.75 Å². The number of aliphatic hydroxyl groups excluding tert-OH is 1. The van der Waals surface area contributed by atoms with E-state index in [0.29, 0.717) is 10.5 Å². The van der Waals surface area contributed by atoms with E-state index < -0.39 is 0 Å². The molecule has 0 aromatic carbocycles. The number of hydrogen-bond donors (Lipinski definition) is 2. The lowest BCUT2D eigenvalue weighted by Gasteiger charge is -2.00. The van der Waals surface area contributed by atoms with Crippen LogP contribution < -0.4 is 4.74 Å². The average Bonchev–Trinajstić information content (AvgIpc) is 2.04. The molecule has 1 rings (SSSR count). The summed E-state index contributed by atoms with van der Waals surface area (Å²) in [6.45, 7) is 0.266. The van der Waals surface area contributed by atoms with Gasteiger partial charge in [0.1, 0.15) is 6.61 Å². The molecule has 0 bridgehead atoms. The Labute approximate surface area is 68.9 Å². The summed E-state index contributed by atoms with van der Waals surface area (Å²) in [5, 5.41) is 8.41. The van der Waals surface area contributed by atoms with Gasteiger partial charge >= 0.3 is 0 Å². The molecule has 11 heavy (non-hydrogen) atoms. The average molecular weight is 172 g/mol. The Kier molecular flexibility index (Phi) is 3.00. The second-order valence-corrected chi connectivity index (χ2v) is 2.21. The Morgan fingerprint density at radius 3 is 3.09 bits per heavy atom. The van der Waals surface area contributed by atoms with Crippen molar-refractivity contribution in [3.63, 3.8) is 0 Å². The van der Waals surface area contributed by atoms with Crippen LogP contribution in [0, 0.1) is 4.77 Å². The van der Waals surface area contributed by atoms with Crippen molar-refractivity contribution in [2.45, 2.75) is 0 Å². The molecule has 0 aliphatic carbocycles. The highest BCUT2D eigenvalue weighted by Crippen LogP contribution is 2.03. The van der Waals surface area contributed by atoms with E-state index >= 15 is 0 Å². The second kappa shape index (κ2) is 4.05. The lowest BCUT2D eigenvalue weighted by Crippen LogP contribution is -2.01. The third-order valence-electron chi connectivity index (χ3n) is 1.01. The van der Waals surface area contributed by atoms with E-state index in [-0.39, 0.29) is 13.2 Å². The van der Waals surface area contributed by atoms with Crippen molar-refractivity contribution >= 4 is 12.2 Å². The molecule has 0 spiro atoms. The summed E-state index contributed by atoms with van der Waals surface area (Å²) in [4.78, 5) is 6.49. The van der Waals surface area contributed by atoms with Crippen LogP contribution in [-0.4, -0.2) is 28.3 Å². The topological polar surface area (TPSA) is 58.1 Å². The molecule has 0 aliphatic heterocycles. The van der Waals surface area contributed by atoms with Gasteiger partial charge in [-0.05, 0) is 12.2 Å². The number of H-pyrrole nitrogens is 1. The zero-order valence-corrected chi connectivity index (χ0v) is 6.60. The van der Waals surface area contributed by atoms with E-state index in [2.05, 4.69) is 9.97 Å². The fourth-order valence-electron chi connectivity index (χ4n) is 0.572. The van der Waals surface area contributed by atoms with Gasteiger partial charge in [0.15, 0.2) is 10.5 Å². The quantitative estimate of drug-likeness (QED) is 0.652. The molecule has 0 radical (unpaired) electrons. The van der Waals surface area contributed by atoms with Gasteiger partial charge in [0.25, 0.3) is 0 Å². The van der Waals surface area contributed by atoms with Gasteiger partial charge in [-0.2, -0.15) is 0 Å². The van der Waals surface area contributed by atoms with Gasteiger partial charge in [-0.15, -0.1) is 0 Å². The number of rotatable bonds is 3. The van der Waals surface area contributed by atoms with Crippen LogP contribution in [0.25, 0.3) is 0 Å². The van der Waals surface area contributed by atoms with Crippen LogP contribution in [0.15, 0.2) is 12.4 Å². The Morgan fingerprint density at radius 1 is 1.73 bits per heavy atom. The zero-order chi connectivity index (χ0) is 8.10. The summed E-state index contributed by atoms with van der Waals surface area (Å²) in [6, 6.07) is 0. The fraction of sp³-hybridized carbons (Fsp3) is 0.333. The molecular formula is C6H8N2O2S. The highest BCUT2D eigenvalue weighted by molar-refractivity contribution is 7.71. The molecule has 1 aromatic heterocycles. The van der Waals surface area contributed by atoms with Crippen molar-refractivity contribution in [1.29, 1.82) is 0 Å². The first-order chi connectivity index (χ1) is 5.33. The van der Waals surface area contributed by atoms with Crippen molar-refractivity contribution < 1.29 is 9.84 Å². The van der Waals surface area contributed by atoms with Gasteiger partial charge in [0.2, 0.25) is 0 Å². The van der Waals surface area contributed by atoms with Crippen LogP contribution in [0.5, 0.6) is 5.75 Å². The SMILES string of the molecule is OCCOc1cnc(=S)[nH]c1. The summed E-state index contributed by atoms with van der Waals surface area (Å²) >= 11 is 4.71. The third-order valence-corrected chi connectivity index (χ3v) is 1.23. The molecule has 0 amide bonds. The molecule has 0 saturated carbocycles. The predicted molar refractivity (Wildman–Crippen MR) is 42.0 cm³/mol. The van der Waals surface area contributed by atoms with Gasteiger partial charge in [-0.25, -0.2) is 4.98 Å². The molecule has 2 N–H and O–H groups in total. The van der Waals surface area contributed by atoms with Gasteiger partial charge < -0.3 is 14.8 Å². The Hall–Kier alpha value is -0.940. The van der Waals surface area contributed by atoms with Crippen molar-refractivity contribution in [1.82, 2.24) is 9.97 Å². The first kappa shape index (κ1) is 8.16. The standard InChI is InChI=1S/C6H8N2O2S/c9-1-2-10-5-3-7-6(11)8-4-5/h3-4,9H,1-2H2,(H,7,8,11). The molecule has 0 fully saturated rings. The molecule has 0 saturated heterocycles. The van der Waals surface area contributed by atoms with E-state index in [1.165, 1.54) is 6.20 Å². The number of ether oxygens (including phenoxy) is 1. The van der Waals surface area contributed by atoms with E-state index in [1.54, 1.807) is 6.20 Å². The molecule has 1 aromatic rings. The van der Waals surface area contributed by atoms with Gasteiger partial charge in [-0.3, -0.25) is 0 Å². The van der Waals surface area contributed by atoms with Crippen molar-refractivity contribution in [3.05, 3.63) is 17.2 Å². The van der Waals surface area contributed by atoms with Crippen LogP contribution >= 0.6 is 12.2 Å². The molecule has 4 nitrogen and oxygen atoms in total. The maximum Gasteiger partial charge on any atom is 0.196 e. The lowest BCUT2D eigenvalue weighted by molar-refractivity contribution is 0.200. The molecule has 1 heterocycles. The predicted octanol–water partition coefficient (Wildman–Crippen LogP) is 0.510. The van der Waals surface area contributed by atoms with Crippen molar-refractivity contribution in [2.24, 2.45) is 0 Å². The molecule has 0 aliphatic rings. The normalized spacial score (nSPS) is 9.55. The Bertz CT molecular complexity index is 253. The first-order valence-corrected chi connectivity index (χ1v) is 3.52. The number of hydrogen-bond acceptors (Lipinski definition) is 4. The summed E-state index contributed by atoms with van der Waals surface area (Å²) in [7, 11) is 0. The number of aromatic amines is 1. The van der Waals surface area contributed by atoms with Gasteiger partial charge in [-0.1, -0.05) is 0 Å². The Morgan fingerprint density at radius 2 is 2.55 bits per heavy atom. The van der Waals surface area contributed by atoms with Crippen LogP contribution in [0.1, 0.15) is 0 Å². The minimum absolute atomic E-state index is 0.00434. The molecular weight excluding hydrogens is 164 g/mol. The van der Waals surface area contributed by atoms with E-state index in [0.717, 1.165) is 0 Å². The third kappa shape index (κ3) is 2.65. The van der Waals surface area contributed by atoms with Crippen LogP contribution in [0.2, 0.25) is 0 Å². The summed E-state index contributed by atoms with van der Waals surface area (Å²) in [5.41, 5.74) is 0. The van der Waals surface area contributed by atoms with Gasteiger partial charge in [0.05, 0.1) is 12.8 Å². The van der Waals surface area contributed by atoms with Crippen molar-refractivity contribution in [2.75, 3.05) is 13.2 Å². The van der Waals surface area contributed by atoms with E-state index in [9.17, 15) is 0 Å². The highest BCUT2D eigenvalue weighted by Gasteiger charge is 1.90. The van der Waals surface area contributed by atoms with Gasteiger partial charge in [0, 0.05) is 6.20 Å². The minimum Gasteiger partial charge on any atom is -0.488 e.